The molecule has 0 atom stereocenters. The van der Waals surface area contributed by atoms with E-state index in [-0.39, 0.29) is 0 Å². The smallest absolute Gasteiger partial charge is 0.119 e. The van der Waals surface area contributed by atoms with Crippen molar-refractivity contribution in [3.8, 4) is 5.75 Å². The average Bonchev–Trinajstić information content (AvgIpc) is 2.48. The van der Waals surface area contributed by atoms with E-state index < -0.39 is 0 Å². The van der Waals surface area contributed by atoms with Gasteiger partial charge >= 0.3 is 0 Å². The molecule has 1 N–H and O–H groups in total. The Morgan fingerprint density at radius 3 is 2.50 bits per heavy atom. The Balaban J connectivity index is 1.86. The van der Waals surface area contributed by atoms with E-state index in [0.717, 1.165) is 48.0 Å². The minimum absolute atomic E-state index is 0.718. The van der Waals surface area contributed by atoms with Crippen LogP contribution in [0.5, 0.6) is 5.75 Å². The molecule has 0 spiro atoms. The minimum Gasteiger partial charge on any atom is -0.494 e. The lowest BCUT2D eigenvalue weighted by atomic mass is 10.2. The van der Waals surface area contributed by atoms with Crippen molar-refractivity contribution in [1.82, 2.24) is 0 Å². The first-order valence-electron chi connectivity index (χ1n) is 6.99. The Kier molecular flexibility index (Phi) is 5.75. The fourth-order valence-corrected chi connectivity index (χ4v) is 2.04. The Labute approximate surface area is 125 Å². The van der Waals surface area contributed by atoms with Crippen LogP contribution in [0.4, 0.5) is 5.69 Å². The molecule has 0 amide bonds. The van der Waals surface area contributed by atoms with E-state index in [2.05, 4.69) is 12.2 Å². The maximum absolute atomic E-state index is 6.13. The van der Waals surface area contributed by atoms with Crippen molar-refractivity contribution < 1.29 is 4.74 Å². The highest BCUT2D eigenvalue weighted by atomic mass is 35.5. The summed E-state index contributed by atoms with van der Waals surface area (Å²) in [5, 5.41) is 4.15. The van der Waals surface area contributed by atoms with Gasteiger partial charge in [0.05, 0.1) is 6.61 Å². The Morgan fingerprint density at radius 1 is 1.05 bits per heavy atom. The molecule has 106 valence electrons. The molecule has 0 fully saturated rings. The average molecular weight is 290 g/mol. The Hall–Kier alpha value is -1.67. The Bertz CT molecular complexity index is 525. The molecule has 0 radical (unpaired) electrons. The zero-order valence-electron chi connectivity index (χ0n) is 11.7. The van der Waals surface area contributed by atoms with E-state index in [1.54, 1.807) is 0 Å². The first kappa shape index (κ1) is 14.7. The third-order valence-electron chi connectivity index (χ3n) is 3.06. The topological polar surface area (TPSA) is 21.3 Å². The zero-order valence-corrected chi connectivity index (χ0v) is 12.5. The summed E-state index contributed by atoms with van der Waals surface area (Å²) in [5.41, 5.74) is 2.16. The third kappa shape index (κ3) is 4.46. The number of nitrogens with one attached hydrogen (secondary N) is 1. The van der Waals surface area contributed by atoms with Crippen molar-refractivity contribution in [3.63, 3.8) is 0 Å². The van der Waals surface area contributed by atoms with Gasteiger partial charge in [-0.05, 0) is 42.3 Å². The number of ether oxygens (including phenoxy) is 1. The van der Waals surface area contributed by atoms with Gasteiger partial charge in [0, 0.05) is 17.3 Å². The van der Waals surface area contributed by atoms with Crippen LogP contribution >= 0.6 is 11.6 Å². The highest BCUT2D eigenvalue weighted by Gasteiger charge is 1.99. The summed E-state index contributed by atoms with van der Waals surface area (Å²) >= 11 is 6.13. The first-order valence-corrected chi connectivity index (χ1v) is 7.37. The van der Waals surface area contributed by atoms with Gasteiger partial charge in [0.2, 0.25) is 0 Å². The molecule has 0 unspecified atom stereocenters. The van der Waals surface area contributed by atoms with Crippen LogP contribution in [0.25, 0.3) is 0 Å². The largest absolute Gasteiger partial charge is 0.494 e. The van der Waals surface area contributed by atoms with Crippen LogP contribution in [0.1, 0.15) is 25.3 Å². The molecule has 2 aromatic rings. The first-order chi connectivity index (χ1) is 9.79. The van der Waals surface area contributed by atoms with Crippen LogP contribution in [0.3, 0.4) is 0 Å². The van der Waals surface area contributed by atoms with Gasteiger partial charge in [-0.25, -0.2) is 0 Å². The maximum Gasteiger partial charge on any atom is 0.119 e. The quantitative estimate of drug-likeness (QED) is 0.713. The van der Waals surface area contributed by atoms with Crippen molar-refractivity contribution in [2.24, 2.45) is 0 Å². The van der Waals surface area contributed by atoms with E-state index >= 15 is 0 Å². The lowest BCUT2D eigenvalue weighted by molar-refractivity contribution is 0.309. The maximum atomic E-state index is 6.13. The van der Waals surface area contributed by atoms with E-state index in [0.29, 0.717) is 0 Å². The molecule has 2 aromatic carbocycles. The lowest BCUT2D eigenvalue weighted by Crippen LogP contribution is -2.00. The van der Waals surface area contributed by atoms with E-state index in [1.807, 2.05) is 48.5 Å². The number of rotatable bonds is 7. The van der Waals surface area contributed by atoms with Gasteiger partial charge in [-0.15, -0.1) is 0 Å². The summed E-state index contributed by atoms with van der Waals surface area (Å²) in [4.78, 5) is 0. The van der Waals surface area contributed by atoms with Crippen molar-refractivity contribution in [1.29, 1.82) is 0 Å². The molecule has 0 saturated carbocycles. The van der Waals surface area contributed by atoms with Crippen LogP contribution in [-0.4, -0.2) is 6.61 Å². The van der Waals surface area contributed by atoms with Crippen LogP contribution in [0.15, 0.2) is 48.5 Å². The normalized spacial score (nSPS) is 10.3. The van der Waals surface area contributed by atoms with Gasteiger partial charge in [0.15, 0.2) is 0 Å². The molecule has 3 heteroatoms. The number of halogens is 1. The minimum atomic E-state index is 0.718. The zero-order chi connectivity index (χ0) is 14.2. The summed E-state index contributed by atoms with van der Waals surface area (Å²) < 4.78 is 5.63. The van der Waals surface area contributed by atoms with E-state index in [4.69, 9.17) is 16.3 Å². The highest BCUT2D eigenvalue weighted by Crippen LogP contribution is 2.19. The number of hydrogen-bond donors (Lipinski definition) is 1. The van der Waals surface area contributed by atoms with Crippen molar-refractivity contribution in [3.05, 3.63) is 59.1 Å². The predicted octanol–water partition coefficient (Wildman–Crippen LogP) is 5.13. The van der Waals surface area contributed by atoms with E-state index in [1.165, 1.54) is 0 Å². The molecule has 0 aromatic heterocycles. The number of unbranched alkanes of at least 4 members (excludes halogenated alkanes) is 1. The molecule has 0 aliphatic carbocycles. The van der Waals surface area contributed by atoms with E-state index in [9.17, 15) is 0 Å². The number of benzene rings is 2. The van der Waals surface area contributed by atoms with Crippen LogP contribution in [0.2, 0.25) is 5.02 Å². The summed E-state index contributed by atoms with van der Waals surface area (Å²) in [6, 6.07) is 15.9. The van der Waals surface area contributed by atoms with Crippen LogP contribution < -0.4 is 10.1 Å². The summed E-state index contributed by atoms with van der Waals surface area (Å²) in [6.07, 6.45) is 2.24. The molecule has 20 heavy (non-hydrogen) atoms. The summed E-state index contributed by atoms with van der Waals surface area (Å²) in [7, 11) is 0. The monoisotopic (exact) mass is 289 g/mol. The lowest BCUT2D eigenvalue weighted by Gasteiger charge is -2.09. The second kappa shape index (κ2) is 7.81. The molecule has 0 bridgehead atoms. The van der Waals surface area contributed by atoms with Gasteiger partial charge < -0.3 is 10.1 Å². The van der Waals surface area contributed by atoms with Gasteiger partial charge in [-0.2, -0.15) is 0 Å². The molecular formula is C17H20ClNO. The fraction of sp³-hybridized carbons (Fsp3) is 0.294. The standard InChI is InChI=1S/C17H20ClNO/c1-2-3-12-20-16-10-8-15(9-11-16)19-13-14-6-4-5-7-17(14)18/h4-11,19H,2-3,12-13H2,1H3. The number of anilines is 1. The van der Waals surface area contributed by atoms with Gasteiger partial charge in [-0.3, -0.25) is 0 Å². The van der Waals surface area contributed by atoms with Crippen LogP contribution in [0, 0.1) is 0 Å². The Morgan fingerprint density at radius 2 is 1.80 bits per heavy atom. The number of hydrogen-bond acceptors (Lipinski definition) is 2. The SMILES string of the molecule is CCCCOc1ccc(NCc2ccccc2Cl)cc1. The molecule has 0 heterocycles. The summed E-state index contributed by atoms with van der Waals surface area (Å²) in [6.45, 7) is 3.66. The van der Waals surface area contributed by atoms with Gasteiger partial charge in [0.1, 0.15) is 5.75 Å². The van der Waals surface area contributed by atoms with Gasteiger partial charge in [-0.1, -0.05) is 43.1 Å². The molecule has 0 aliphatic rings. The predicted molar refractivity (Wildman–Crippen MR) is 85.6 cm³/mol. The van der Waals surface area contributed by atoms with Crippen LogP contribution in [-0.2, 0) is 6.54 Å². The third-order valence-corrected chi connectivity index (χ3v) is 3.43. The van der Waals surface area contributed by atoms with Crippen molar-refractivity contribution in [2.75, 3.05) is 11.9 Å². The molecule has 0 aliphatic heterocycles. The second-order valence-corrected chi connectivity index (χ2v) is 5.08. The highest BCUT2D eigenvalue weighted by molar-refractivity contribution is 6.31. The molecule has 0 saturated heterocycles. The van der Waals surface area contributed by atoms with Crippen molar-refractivity contribution in [2.45, 2.75) is 26.3 Å². The van der Waals surface area contributed by atoms with Crippen molar-refractivity contribution >= 4 is 17.3 Å². The fourth-order valence-electron chi connectivity index (χ4n) is 1.84. The summed E-state index contributed by atoms with van der Waals surface area (Å²) in [5.74, 6) is 0.918. The molecule has 2 rings (SSSR count). The molecular weight excluding hydrogens is 270 g/mol. The van der Waals surface area contributed by atoms with Gasteiger partial charge in [0.25, 0.3) is 0 Å². The second-order valence-electron chi connectivity index (χ2n) is 4.67. The molecule has 2 nitrogen and oxygen atoms in total.